The molecule has 2 aromatic heterocycles. The van der Waals surface area contributed by atoms with Crippen molar-refractivity contribution in [3.63, 3.8) is 0 Å². The molecule has 0 radical (unpaired) electrons. The number of benzene rings is 1. The van der Waals surface area contributed by atoms with Crippen molar-refractivity contribution in [2.24, 2.45) is 5.41 Å². The second kappa shape index (κ2) is 7.88. The lowest BCUT2D eigenvalue weighted by Gasteiger charge is -2.48. The summed E-state index contributed by atoms with van der Waals surface area (Å²) in [6.07, 6.45) is 0.0282. The molecule has 1 spiro atoms. The van der Waals surface area contributed by atoms with E-state index >= 15 is 0 Å². The quantitative estimate of drug-likeness (QED) is 0.611. The van der Waals surface area contributed by atoms with Crippen LogP contribution in [-0.4, -0.2) is 41.5 Å². The van der Waals surface area contributed by atoms with Crippen molar-refractivity contribution in [2.45, 2.75) is 32.7 Å². The van der Waals surface area contributed by atoms with E-state index in [1.54, 1.807) is 6.92 Å². The van der Waals surface area contributed by atoms with E-state index in [4.69, 9.17) is 4.74 Å². The molecule has 1 aromatic carbocycles. The van der Waals surface area contributed by atoms with Gasteiger partial charge < -0.3 is 15.0 Å². The van der Waals surface area contributed by atoms with Gasteiger partial charge in [0.1, 0.15) is 5.82 Å². The van der Waals surface area contributed by atoms with Crippen LogP contribution in [0.15, 0.2) is 30.5 Å². The third-order valence-corrected chi connectivity index (χ3v) is 6.49. The van der Waals surface area contributed by atoms with Gasteiger partial charge in [-0.15, -0.1) is 5.10 Å². The third-order valence-electron chi connectivity index (χ3n) is 6.49. The van der Waals surface area contributed by atoms with Gasteiger partial charge in [-0.05, 0) is 26.3 Å². The number of rotatable bonds is 5. The summed E-state index contributed by atoms with van der Waals surface area (Å²) in [7, 11) is 0. The van der Waals surface area contributed by atoms with Gasteiger partial charge in [-0.2, -0.15) is 5.10 Å². The highest BCUT2D eigenvalue weighted by Crippen LogP contribution is 2.41. The SMILES string of the molecule is Cc1nnc(N[C@H](C)c2cccc(C(F)F)c2F)c2cc(N3CC4(CCOC4)C3)cnc12. The molecule has 2 aliphatic rings. The lowest BCUT2D eigenvalue weighted by Crippen LogP contribution is -2.57. The molecule has 2 fully saturated rings. The number of ether oxygens (including phenoxy) is 1. The Labute approximate surface area is 183 Å². The van der Waals surface area contributed by atoms with Gasteiger partial charge in [-0.1, -0.05) is 18.2 Å². The summed E-state index contributed by atoms with van der Waals surface area (Å²) in [5.74, 6) is -0.468. The highest BCUT2D eigenvalue weighted by atomic mass is 19.3. The minimum Gasteiger partial charge on any atom is -0.381 e. The van der Waals surface area contributed by atoms with E-state index in [1.165, 1.54) is 12.1 Å². The van der Waals surface area contributed by atoms with E-state index < -0.39 is 23.8 Å². The molecule has 1 N–H and O–H groups in total. The van der Waals surface area contributed by atoms with Crippen LogP contribution in [0.25, 0.3) is 10.9 Å². The van der Waals surface area contributed by atoms with Crippen molar-refractivity contribution in [1.29, 1.82) is 0 Å². The summed E-state index contributed by atoms with van der Waals surface area (Å²) < 4.78 is 46.4. The predicted molar refractivity (Wildman–Crippen MR) is 116 cm³/mol. The molecule has 4 heterocycles. The number of fused-ring (bicyclic) bond motifs is 1. The number of aryl methyl sites for hydroxylation is 1. The Bertz CT molecular complexity index is 1160. The number of alkyl halides is 2. The summed E-state index contributed by atoms with van der Waals surface area (Å²) in [5, 5.41) is 12.3. The third kappa shape index (κ3) is 3.54. The molecule has 6 nitrogen and oxygen atoms in total. The Morgan fingerprint density at radius 1 is 1.19 bits per heavy atom. The van der Waals surface area contributed by atoms with Crippen LogP contribution in [0.1, 0.15) is 42.6 Å². The van der Waals surface area contributed by atoms with Crippen LogP contribution in [0.4, 0.5) is 24.7 Å². The Morgan fingerprint density at radius 3 is 2.69 bits per heavy atom. The first-order chi connectivity index (χ1) is 15.4. The van der Waals surface area contributed by atoms with E-state index in [0.717, 1.165) is 49.9 Å². The zero-order valence-corrected chi connectivity index (χ0v) is 17.9. The van der Waals surface area contributed by atoms with Crippen molar-refractivity contribution in [3.8, 4) is 0 Å². The van der Waals surface area contributed by atoms with Crippen molar-refractivity contribution in [3.05, 3.63) is 53.1 Å². The van der Waals surface area contributed by atoms with Crippen LogP contribution in [-0.2, 0) is 4.74 Å². The molecular formula is C23H24F3N5O. The number of hydrogen-bond donors (Lipinski definition) is 1. The predicted octanol–water partition coefficient (Wildman–Crippen LogP) is 4.81. The van der Waals surface area contributed by atoms with Crippen LogP contribution in [0, 0.1) is 18.2 Å². The Hall–Kier alpha value is -2.94. The van der Waals surface area contributed by atoms with E-state index in [1.807, 2.05) is 19.2 Å². The smallest absolute Gasteiger partial charge is 0.266 e. The van der Waals surface area contributed by atoms with Crippen molar-refractivity contribution in [2.75, 3.05) is 36.5 Å². The van der Waals surface area contributed by atoms with Gasteiger partial charge in [0.05, 0.1) is 41.3 Å². The van der Waals surface area contributed by atoms with Crippen LogP contribution in [0.2, 0.25) is 0 Å². The maximum atomic E-state index is 14.6. The minimum absolute atomic E-state index is 0.147. The molecule has 3 aromatic rings. The fourth-order valence-electron chi connectivity index (χ4n) is 4.63. The van der Waals surface area contributed by atoms with Crippen molar-refractivity contribution >= 4 is 22.4 Å². The lowest BCUT2D eigenvalue weighted by atomic mass is 9.79. The van der Waals surface area contributed by atoms with Gasteiger partial charge in [-0.25, -0.2) is 13.2 Å². The summed E-state index contributed by atoms with van der Waals surface area (Å²) in [6.45, 7) is 6.98. The molecule has 168 valence electrons. The molecule has 0 unspecified atom stereocenters. The number of nitrogens with zero attached hydrogens (tertiary/aromatic N) is 4. The maximum absolute atomic E-state index is 14.6. The average molecular weight is 443 g/mol. The molecule has 0 saturated carbocycles. The first kappa shape index (κ1) is 20.9. The topological polar surface area (TPSA) is 63.2 Å². The zero-order valence-electron chi connectivity index (χ0n) is 17.9. The van der Waals surface area contributed by atoms with Crippen molar-refractivity contribution in [1.82, 2.24) is 15.2 Å². The molecule has 9 heteroatoms. The van der Waals surface area contributed by atoms with Crippen LogP contribution < -0.4 is 10.2 Å². The Morgan fingerprint density at radius 2 is 1.97 bits per heavy atom. The van der Waals surface area contributed by atoms with E-state index in [9.17, 15) is 13.2 Å². The second-order valence-corrected chi connectivity index (χ2v) is 8.80. The van der Waals surface area contributed by atoms with Gasteiger partial charge in [0.15, 0.2) is 5.82 Å². The Kier molecular flexibility index (Phi) is 5.16. The number of hydrogen-bond acceptors (Lipinski definition) is 6. The fourth-order valence-corrected chi connectivity index (χ4v) is 4.63. The molecular weight excluding hydrogens is 419 g/mol. The van der Waals surface area contributed by atoms with Crippen LogP contribution in [0.5, 0.6) is 0 Å². The summed E-state index contributed by atoms with van der Waals surface area (Å²) in [4.78, 5) is 6.87. The molecule has 0 bridgehead atoms. The van der Waals surface area contributed by atoms with Crippen LogP contribution in [0.3, 0.4) is 0 Å². The summed E-state index contributed by atoms with van der Waals surface area (Å²) in [6, 6.07) is 5.44. The number of halogens is 3. The van der Waals surface area contributed by atoms with E-state index in [2.05, 4.69) is 25.4 Å². The average Bonchev–Trinajstić information content (AvgIpc) is 3.25. The number of anilines is 2. The van der Waals surface area contributed by atoms with Gasteiger partial charge in [0.25, 0.3) is 6.43 Å². The largest absolute Gasteiger partial charge is 0.381 e. The highest BCUT2D eigenvalue weighted by Gasteiger charge is 2.46. The minimum atomic E-state index is -2.88. The molecule has 2 saturated heterocycles. The molecule has 0 aliphatic carbocycles. The van der Waals surface area contributed by atoms with E-state index in [0.29, 0.717) is 17.0 Å². The highest BCUT2D eigenvalue weighted by molar-refractivity contribution is 5.92. The Balaban J connectivity index is 1.45. The van der Waals surface area contributed by atoms with Crippen LogP contribution >= 0.6 is 0 Å². The normalized spacial score (nSPS) is 18.4. The fraction of sp³-hybridized carbons (Fsp3) is 0.435. The first-order valence-electron chi connectivity index (χ1n) is 10.7. The molecule has 0 amide bonds. The molecule has 1 atom stereocenters. The molecule has 5 rings (SSSR count). The lowest BCUT2D eigenvalue weighted by molar-refractivity contribution is 0.131. The van der Waals surface area contributed by atoms with Gasteiger partial charge in [-0.3, -0.25) is 4.98 Å². The zero-order chi connectivity index (χ0) is 22.5. The second-order valence-electron chi connectivity index (χ2n) is 8.80. The molecule has 32 heavy (non-hydrogen) atoms. The maximum Gasteiger partial charge on any atom is 0.266 e. The summed E-state index contributed by atoms with van der Waals surface area (Å²) >= 11 is 0. The monoisotopic (exact) mass is 443 g/mol. The molecule has 2 aliphatic heterocycles. The number of aromatic nitrogens is 3. The van der Waals surface area contributed by atoms with Gasteiger partial charge >= 0.3 is 0 Å². The number of nitrogens with one attached hydrogen (secondary N) is 1. The summed E-state index contributed by atoms with van der Waals surface area (Å²) in [5.41, 5.74) is 2.13. The number of pyridine rings is 1. The standard InChI is InChI=1S/C23H24F3N5O/c1-13(16-4-3-5-17(19(16)24)21(25)26)28-22-18-8-15(9-27-20(18)14(2)29-30-22)31-10-23(11-31)6-7-32-12-23/h3-5,8-9,13,21H,6-7,10-12H2,1-2H3,(H,28,30)/t13-/m1/s1. The van der Waals surface area contributed by atoms with Gasteiger partial charge in [0, 0.05) is 36.1 Å². The van der Waals surface area contributed by atoms with E-state index in [-0.39, 0.29) is 11.0 Å². The van der Waals surface area contributed by atoms with Crippen molar-refractivity contribution < 1.29 is 17.9 Å². The van der Waals surface area contributed by atoms with Gasteiger partial charge in [0.2, 0.25) is 0 Å². The first-order valence-corrected chi connectivity index (χ1v) is 10.7.